The summed E-state index contributed by atoms with van der Waals surface area (Å²) in [6.07, 6.45) is 2.54. The molecule has 0 heterocycles. The third kappa shape index (κ3) is 6.16. The van der Waals surface area contributed by atoms with Crippen molar-refractivity contribution in [1.82, 2.24) is 0 Å². The largest absolute Gasteiger partial charge is 0.478 e. The average Bonchev–Trinajstić information content (AvgIpc) is 2.46. The first-order valence-electron chi connectivity index (χ1n) is 6.52. The van der Waals surface area contributed by atoms with E-state index in [2.05, 4.69) is 4.90 Å². The lowest BCUT2D eigenvalue weighted by Crippen LogP contribution is -2.30. The van der Waals surface area contributed by atoms with Gasteiger partial charge in [0.25, 0.3) is 0 Å². The van der Waals surface area contributed by atoms with Crippen molar-refractivity contribution in [2.75, 3.05) is 45.4 Å². The van der Waals surface area contributed by atoms with Crippen LogP contribution in [-0.2, 0) is 14.3 Å². The summed E-state index contributed by atoms with van der Waals surface area (Å²) < 4.78 is 10.2. The van der Waals surface area contributed by atoms with E-state index in [-0.39, 0.29) is 0 Å². The van der Waals surface area contributed by atoms with E-state index in [1.807, 2.05) is 12.1 Å². The first-order valence-corrected chi connectivity index (χ1v) is 6.89. The molecule has 0 aliphatic heterocycles. The fraction of sp³-hybridized carbons (Fsp3) is 0.400. The van der Waals surface area contributed by atoms with Gasteiger partial charge >= 0.3 is 5.97 Å². The van der Waals surface area contributed by atoms with Gasteiger partial charge < -0.3 is 19.5 Å². The molecule has 1 aromatic rings. The van der Waals surface area contributed by atoms with Crippen molar-refractivity contribution >= 4 is 29.3 Å². The highest BCUT2D eigenvalue weighted by Gasteiger charge is 2.08. The van der Waals surface area contributed by atoms with Crippen LogP contribution in [0.1, 0.15) is 5.56 Å². The van der Waals surface area contributed by atoms with Crippen molar-refractivity contribution in [2.45, 2.75) is 0 Å². The SMILES string of the molecule is COCCN(CCOC)c1ccc(/C=C/C(=O)O)c(Cl)c1. The molecule has 1 aromatic carbocycles. The minimum absolute atomic E-state index is 0.504. The molecular formula is C15H20ClNO4. The predicted molar refractivity (Wildman–Crippen MR) is 84.1 cm³/mol. The number of halogens is 1. The lowest BCUT2D eigenvalue weighted by Gasteiger charge is -2.24. The van der Waals surface area contributed by atoms with Gasteiger partial charge in [0.15, 0.2) is 0 Å². The van der Waals surface area contributed by atoms with E-state index in [9.17, 15) is 4.79 Å². The number of carboxylic acids is 1. The van der Waals surface area contributed by atoms with Crippen molar-refractivity contribution in [2.24, 2.45) is 0 Å². The van der Waals surface area contributed by atoms with Gasteiger partial charge in [0.05, 0.1) is 13.2 Å². The van der Waals surface area contributed by atoms with E-state index >= 15 is 0 Å². The highest BCUT2D eigenvalue weighted by molar-refractivity contribution is 6.32. The zero-order valence-electron chi connectivity index (χ0n) is 12.2. The smallest absolute Gasteiger partial charge is 0.328 e. The second kappa shape index (κ2) is 9.39. The van der Waals surface area contributed by atoms with Crippen molar-refractivity contribution < 1.29 is 19.4 Å². The monoisotopic (exact) mass is 313 g/mol. The number of carboxylic acid groups (broad SMARTS) is 1. The molecule has 1 rings (SSSR count). The van der Waals surface area contributed by atoms with E-state index in [1.54, 1.807) is 20.3 Å². The first kappa shape index (κ1) is 17.5. The molecule has 0 aromatic heterocycles. The Morgan fingerprint density at radius 3 is 2.38 bits per heavy atom. The second-order valence-corrected chi connectivity index (χ2v) is 4.76. The van der Waals surface area contributed by atoms with Crippen LogP contribution < -0.4 is 4.90 Å². The van der Waals surface area contributed by atoms with Gasteiger partial charge in [-0.15, -0.1) is 0 Å². The average molecular weight is 314 g/mol. The Morgan fingerprint density at radius 2 is 1.90 bits per heavy atom. The maximum atomic E-state index is 10.5. The minimum Gasteiger partial charge on any atom is -0.478 e. The van der Waals surface area contributed by atoms with Gasteiger partial charge in [-0.05, 0) is 23.8 Å². The van der Waals surface area contributed by atoms with Crippen LogP contribution in [0.3, 0.4) is 0 Å². The topological polar surface area (TPSA) is 59.0 Å². The summed E-state index contributed by atoms with van der Waals surface area (Å²) in [4.78, 5) is 12.6. The summed E-state index contributed by atoms with van der Waals surface area (Å²) in [7, 11) is 3.31. The van der Waals surface area contributed by atoms with Crippen LogP contribution >= 0.6 is 11.6 Å². The highest BCUT2D eigenvalue weighted by atomic mass is 35.5. The number of rotatable bonds is 9. The number of anilines is 1. The Balaban J connectivity index is 2.88. The maximum Gasteiger partial charge on any atom is 0.328 e. The van der Waals surface area contributed by atoms with E-state index in [1.165, 1.54) is 6.08 Å². The molecule has 0 radical (unpaired) electrons. The normalized spacial score (nSPS) is 11.0. The number of ether oxygens (including phenoxy) is 2. The number of aliphatic carboxylic acids is 1. The zero-order valence-corrected chi connectivity index (χ0v) is 13.0. The summed E-state index contributed by atoms with van der Waals surface area (Å²) in [6, 6.07) is 5.51. The second-order valence-electron chi connectivity index (χ2n) is 4.35. The zero-order chi connectivity index (χ0) is 15.7. The van der Waals surface area contributed by atoms with Crippen molar-refractivity contribution in [1.29, 1.82) is 0 Å². The lowest BCUT2D eigenvalue weighted by atomic mass is 10.1. The Hall–Kier alpha value is -1.56. The van der Waals surface area contributed by atoms with Crippen LogP contribution in [0.2, 0.25) is 5.02 Å². The molecule has 0 unspecified atom stereocenters. The summed E-state index contributed by atoms with van der Waals surface area (Å²) in [5, 5.41) is 9.14. The Bertz CT molecular complexity index is 483. The van der Waals surface area contributed by atoms with E-state index in [0.717, 1.165) is 24.9 Å². The van der Waals surface area contributed by atoms with Crippen LogP contribution in [0.4, 0.5) is 5.69 Å². The number of hydrogen-bond donors (Lipinski definition) is 1. The van der Waals surface area contributed by atoms with Crippen molar-refractivity contribution in [3.8, 4) is 0 Å². The van der Waals surface area contributed by atoms with Gasteiger partial charge in [0, 0.05) is 44.1 Å². The van der Waals surface area contributed by atoms with Gasteiger partial charge in [0.2, 0.25) is 0 Å². The van der Waals surface area contributed by atoms with Crippen LogP contribution in [0, 0.1) is 0 Å². The molecule has 1 N–H and O–H groups in total. The lowest BCUT2D eigenvalue weighted by molar-refractivity contribution is -0.131. The molecule has 0 amide bonds. The van der Waals surface area contributed by atoms with Crippen molar-refractivity contribution in [3.63, 3.8) is 0 Å². The van der Waals surface area contributed by atoms with E-state index in [0.29, 0.717) is 23.8 Å². The molecule has 21 heavy (non-hydrogen) atoms. The Kier molecular flexibility index (Phi) is 7.82. The maximum absolute atomic E-state index is 10.5. The summed E-state index contributed by atoms with van der Waals surface area (Å²) in [5.41, 5.74) is 1.61. The molecule has 0 atom stereocenters. The number of carbonyl (C=O) groups is 1. The molecule has 6 heteroatoms. The Morgan fingerprint density at radius 1 is 1.29 bits per heavy atom. The molecule has 0 fully saturated rings. The Labute approximate surface area is 129 Å². The van der Waals surface area contributed by atoms with Crippen LogP contribution in [-0.4, -0.2) is 51.6 Å². The van der Waals surface area contributed by atoms with Crippen molar-refractivity contribution in [3.05, 3.63) is 34.9 Å². The van der Waals surface area contributed by atoms with Gasteiger partial charge in [-0.3, -0.25) is 0 Å². The van der Waals surface area contributed by atoms with E-state index < -0.39 is 5.97 Å². The molecule has 0 spiro atoms. The molecular weight excluding hydrogens is 294 g/mol. The number of nitrogens with zero attached hydrogens (tertiary/aromatic N) is 1. The van der Waals surface area contributed by atoms with Gasteiger partial charge in [0.1, 0.15) is 0 Å². The molecule has 0 bridgehead atoms. The molecule has 5 nitrogen and oxygen atoms in total. The summed E-state index contributed by atoms with van der Waals surface area (Å²) >= 11 is 6.19. The quantitative estimate of drug-likeness (QED) is 0.710. The molecule has 0 saturated heterocycles. The van der Waals surface area contributed by atoms with Crippen LogP contribution in [0.15, 0.2) is 24.3 Å². The predicted octanol–water partition coefficient (Wildman–Crippen LogP) is 2.54. The summed E-state index contributed by atoms with van der Waals surface area (Å²) in [5.74, 6) is -1.00. The third-order valence-corrected chi connectivity index (χ3v) is 3.21. The number of benzene rings is 1. The number of hydrogen-bond acceptors (Lipinski definition) is 4. The standard InChI is InChI=1S/C15H20ClNO4/c1-20-9-7-17(8-10-21-2)13-5-3-12(14(16)11-13)4-6-15(18)19/h3-6,11H,7-10H2,1-2H3,(H,18,19)/b6-4+. The minimum atomic E-state index is -1.00. The fourth-order valence-corrected chi connectivity index (χ4v) is 2.02. The molecule has 116 valence electrons. The van der Waals surface area contributed by atoms with E-state index in [4.69, 9.17) is 26.2 Å². The van der Waals surface area contributed by atoms with Gasteiger partial charge in [-0.1, -0.05) is 17.7 Å². The van der Waals surface area contributed by atoms with Crippen LogP contribution in [0.5, 0.6) is 0 Å². The number of methoxy groups -OCH3 is 2. The summed E-state index contributed by atoms with van der Waals surface area (Å²) in [6.45, 7) is 2.64. The fourth-order valence-electron chi connectivity index (χ4n) is 1.78. The molecule has 0 aliphatic carbocycles. The first-order chi connectivity index (χ1) is 10.1. The van der Waals surface area contributed by atoms with Crippen LogP contribution in [0.25, 0.3) is 6.08 Å². The van der Waals surface area contributed by atoms with Gasteiger partial charge in [-0.2, -0.15) is 0 Å². The third-order valence-electron chi connectivity index (χ3n) is 2.89. The molecule has 0 aliphatic rings. The van der Waals surface area contributed by atoms with Gasteiger partial charge in [-0.25, -0.2) is 4.79 Å². The molecule has 0 saturated carbocycles. The highest BCUT2D eigenvalue weighted by Crippen LogP contribution is 2.24.